The van der Waals surface area contributed by atoms with Gasteiger partial charge in [0.25, 0.3) is 0 Å². The van der Waals surface area contributed by atoms with Crippen LogP contribution >= 0.6 is 11.8 Å². The number of hydrogen-bond donors (Lipinski definition) is 1. The quantitative estimate of drug-likeness (QED) is 0.762. The van der Waals surface area contributed by atoms with Crippen molar-refractivity contribution in [3.8, 4) is 0 Å². The van der Waals surface area contributed by atoms with Crippen molar-refractivity contribution in [3.63, 3.8) is 0 Å². The fourth-order valence-corrected chi connectivity index (χ4v) is 3.13. The maximum Gasteiger partial charge on any atom is 0.243 e. The van der Waals surface area contributed by atoms with Crippen molar-refractivity contribution in [3.05, 3.63) is 18.2 Å². The molecule has 0 spiro atoms. The second kappa shape index (κ2) is 3.70. The Bertz CT molecular complexity index is 443. The van der Waals surface area contributed by atoms with E-state index in [9.17, 15) is 4.79 Å². The molecule has 1 aromatic rings. The number of nitrogen functional groups attached to an aromatic ring is 1. The van der Waals surface area contributed by atoms with Crippen molar-refractivity contribution in [2.45, 2.75) is 30.4 Å². The fourth-order valence-electron chi connectivity index (χ4n) is 1.90. The van der Waals surface area contributed by atoms with Gasteiger partial charge in [0.1, 0.15) is 0 Å². The maximum atomic E-state index is 12.2. The van der Waals surface area contributed by atoms with Crippen molar-refractivity contribution in [1.82, 2.24) is 0 Å². The molecule has 0 atom stereocenters. The lowest BCUT2D eigenvalue weighted by atomic mass is 10.1. The molecule has 4 heteroatoms. The molecule has 2 rings (SSSR count). The molecule has 2 N–H and O–H groups in total. The molecule has 1 aromatic carbocycles. The van der Waals surface area contributed by atoms with Gasteiger partial charge in [0.2, 0.25) is 5.91 Å². The highest BCUT2D eigenvalue weighted by Gasteiger charge is 2.39. The minimum atomic E-state index is -0.406. The molecule has 0 bridgehead atoms. The van der Waals surface area contributed by atoms with E-state index in [-0.39, 0.29) is 5.91 Å². The number of amides is 1. The van der Waals surface area contributed by atoms with Gasteiger partial charge in [-0.3, -0.25) is 4.79 Å². The molecular formula is C12H16N2OS. The van der Waals surface area contributed by atoms with Gasteiger partial charge in [-0.15, -0.1) is 11.8 Å². The van der Waals surface area contributed by atoms with Crippen molar-refractivity contribution in [1.29, 1.82) is 0 Å². The van der Waals surface area contributed by atoms with Crippen LogP contribution in [0.4, 0.5) is 11.4 Å². The van der Waals surface area contributed by atoms with Crippen molar-refractivity contribution in [2.24, 2.45) is 0 Å². The van der Waals surface area contributed by atoms with E-state index < -0.39 is 4.75 Å². The fraction of sp³-hybridized carbons (Fsp3) is 0.417. The molecule has 0 unspecified atom stereocenters. The Labute approximate surface area is 100.0 Å². The van der Waals surface area contributed by atoms with Gasteiger partial charge >= 0.3 is 0 Å². The Morgan fingerprint density at radius 2 is 2.12 bits per heavy atom. The first-order valence-corrected chi connectivity index (χ1v) is 6.18. The van der Waals surface area contributed by atoms with E-state index in [0.29, 0.717) is 6.54 Å². The lowest BCUT2D eigenvalue weighted by molar-refractivity contribution is -0.120. The zero-order valence-corrected chi connectivity index (χ0v) is 10.6. The van der Waals surface area contributed by atoms with Crippen molar-refractivity contribution >= 4 is 29.0 Å². The second-order valence-corrected chi connectivity index (χ2v) is 6.05. The summed E-state index contributed by atoms with van der Waals surface area (Å²) in [5, 5.41) is 0. The van der Waals surface area contributed by atoms with Crippen LogP contribution in [0.1, 0.15) is 20.8 Å². The first-order valence-electron chi connectivity index (χ1n) is 5.36. The molecule has 0 radical (unpaired) electrons. The summed E-state index contributed by atoms with van der Waals surface area (Å²) < 4.78 is -0.406. The number of carbonyl (C=O) groups is 1. The van der Waals surface area contributed by atoms with Crippen LogP contribution in [-0.2, 0) is 4.79 Å². The van der Waals surface area contributed by atoms with Crippen LogP contribution in [0.15, 0.2) is 23.1 Å². The molecule has 3 nitrogen and oxygen atoms in total. The van der Waals surface area contributed by atoms with Crippen LogP contribution in [0.25, 0.3) is 0 Å². The lowest BCUT2D eigenvalue weighted by Crippen LogP contribution is -2.46. The Kier molecular flexibility index (Phi) is 2.62. The molecule has 0 saturated carbocycles. The molecule has 1 amide bonds. The maximum absolute atomic E-state index is 12.2. The normalized spacial score (nSPS) is 18.4. The van der Waals surface area contributed by atoms with E-state index in [1.807, 2.05) is 43.9 Å². The minimum Gasteiger partial charge on any atom is -0.399 e. The Balaban J connectivity index is 2.55. The van der Waals surface area contributed by atoms with Gasteiger partial charge in [0.15, 0.2) is 0 Å². The number of rotatable bonds is 1. The second-order valence-electron chi connectivity index (χ2n) is 4.39. The highest BCUT2D eigenvalue weighted by molar-refractivity contribution is 8.01. The molecule has 0 saturated heterocycles. The van der Waals surface area contributed by atoms with Crippen LogP contribution in [0, 0.1) is 0 Å². The summed E-state index contributed by atoms with van der Waals surface area (Å²) in [6.45, 7) is 6.59. The largest absolute Gasteiger partial charge is 0.399 e. The Morgan fingerprint density at radius 3 is 2.75 bits per heavy atom. The van der Waals surface area contributed by atoms with E-state index >= 15 is 0 Å². The number of hydrogen-bond acceptors (Lipinski definition) is 3. The van der Waals surface area contributed by atoms with E-state index in [0.717, 1.165) is 16.3 Å². The number of nitrogens with two attached hydrogens (primary N) is 1. The predicted molar refractivity (Wildman–Crippen MR) is 68.8 cm³/mol. The smallest absolute Gasteiger partial charge is 0.243 e. The summed E-state index contributed by atoms with van der Waals surface area (Å²) in [5.74, 6) is 0.164. The van der Waals surface area contributed by atoms with Gasteiger partial charge in [-0.05, 0) is 39.0 Å². The van der Waals surface area contributed by atoms with Gasteiger partial charge < -0.3 is 10.6 Å². The molecule has 1 heterocycles. The number of fused-ring (bicyclic) bond motifs is 1. The Morgan fingerprint density at radius 1 is 1.44 bits per heavy atom. The third-order valence-corrected chi connectivity index (χ3v) is 3.95. The van der Waals surface area contributed by atoms with Gasteiger partial charge in [-0.2, -0.15) is 0 Å². The van der Waals surface area contributed by atoms with E-state index in [2.05, 4.69) is 0 Å². The van der Waals surface area contributed by atoms with E-state index in [1.165, 1.54) is 0 Å². The zero-order chi connectivity index (χ0) is 11.9. The summed E-state index contributed by atoms with van der Waals surface area (Å²) in [7, 11) is 0. The summed E-state index contributed by atoms with van der Waals surface area (Å²) in [5.41, 5.74) is 7.50. The highest BCUT2D eigenvalue weighted by Crippen LogP contribution is 2.45. The van der Waals surface area contributed by atoms with Crippen molar-refractivity contribution in [2.75, 3.05) is 17.2 Å². The van der Waals surface area contributed by atoms with E-state index in [1.54, 1.807) is 11.8 Å². The molecule has 86 valence electrons. The van der Waals surface area contributed by atoms with Crippen LogP contribution < -0.4 is 10.6 Å². The number of nitrogens with zero attached hydrogens (tertiary/aromatic N) is 1. The van der Waals surface area contributed by atoms with Gasteiger partial charge in [0, 0.05) is 17.1 Å². The summed E-state index contributed by atoms with van der Waals surface area (Å²) >= 11 is 1.58. The highest BCUT2D eigenvalue weighted by atomic mass is 32.2. The average molecular weight is 236 g/mol. The Hall–Kier alpha value is -1.16. The number of thioether (sulfide) groups is 1. The van der Waals surface area contributed by atoms with Crippen LogP contribution in [0.3, 0.4) is 0 Å². The van der Waals surface area contributed by atoms with Gasteiger partial charge in [-0.1, -0.05) is 0 Å². The first kappa shape index (κ1) is 11.3. The average Bonchev–Trinajstić information content (AvgIpc) is 2.20. The molecule has 0 fully saturated rings. The summed E-state index contributed by atoms with van der Waals surface area (Å²) in [4.78, 5) is 15.1. The molecular weight excluding hydrogens is 220 g/mol. The van der Waals surface area contributed by atoms with Gasteiger partial charge in [-0.25, -0.2) is 0 Å². The van der Waals surface area contributed by atoms with Gasteiger partial charge in [0.05, 0.1) is 10.4 Å². The monoisotopic (exact) mass is 236 g/mol. The number of carbonyl (C=O) groups excluding carboxylic acids is 1. The van der Waals surface area contributed by atoms with Crippen LogP contribution in [0.5, 0.6) is 0 Å². The zero-order valence-electron chi connectivity index (χ0n) is 9.78. The summed E-state index contributed by atoms with van der Waals surface area (Å²) in [6, 6.07) is 5.71. The molecule has 1 aliphatic rings. The van der Waals surface area contributed by atoms with E-state index in [4.69, 9.17) is 5.73 Å². The van der Waals surface area contributed by atoms with Crippen LogP contribution in [-0.4, -0.2) is 17.2 Å². The van der Waals surface area contributed by atoms with Crippen LogP contribution in [0.2, 0.25) is 0 Å². The minimum absolute atomic E-state index is 0.164. The molecule has 1 aliphatic heterocycles. The third kappa shape index (κ3) is 1.67. The molecule has 0 aromatic heterocycles. The standard InChI is InChI=1S/C12H16N2OS/c1-4-14-9-6-5-8(13)7-10(9)16-12(2,3)11(14)15/h5-7H,4,13H2,1-3H3. The number of benzene rings is 1. The summed E-state index contributed by atoms with van der Waals surface area (Å²) in [6.07, 6.45) is 0. The lowest BCUT2D eigenvalue weighted by Gasteiger charge is -2.37. The number of anilines is 2. The first-order chi connectivity index (χ1) is 7.45. The van der Waals surface area contributed by atoms with Crippen molar-refractivity contribution < 1.29 is 4.79 Å². The SMILES string of the molecule is CCN1C(=O)C(C)(C)Sc2cc(N)ccc21. The molecule has 16 heavy (non-hydrogen) atoms. The predicted octanol–water partition coefficient (Wildman–Crippen LogP) is 2.51. The molecule has 0 aliphatic carbocycles. The topological polar surface area (TPSA) is 46.3 Å². The third-order valence-electron chi connectivity index (χ3n) is 2.72.